The molecule has 3 aromatic carbocycles. The van der Waals surface area contributed by atoms with E-state index in [2.05, 4.69) is 21.2 Å². The zero-order valence-electron chi connectivity index (χ0n) is 20.6. The largest absolute Gasteiger partial charge is 0.435 e. The number of hydrogen-bond donors (Lipinski definition) is 1. The third-order valence-corrected chi connectivity index (χ3v) is 6.44. The Bertz CT molecular complexity index is 1540. The van der Waals surface area contributed by atoms with Gasteiger partial charge < -0.3 is 10.2 Å². The lowest BCUT2D eigenvalue weighted by Gasteiger charge is -2.32. The normalized spacial score (nSPS) is 12.5. The number of anilines is 2. The first-order valence-electron chi connectivity index (χ1n) is 11.2. The minimum atomic E-state index is -6.68. The van der Waals surface area contributed by atoms with Gasteiger partial charge in [-0.25, -0.2) is 4.39 Å². The van der Waals surface area contributed by atoms with E-state index in [9.17, 15) is 53.5 Å². The van der Waals surface area contributed by atoms with E-state index in [4.69, 9.17) is 5.26 Å². The molecule has 0 bridgehead atoms. The molecule has 0 heterocycles. The Morgan fingerprint density at radius 3 is 1.90 bits per heavy atom. The van der Waals surface area contributed by atoms with E-state index in [-0.39, 0.29) is 28.4 Å². The number of halogens is 11. The summed E-state index contributed by atoms with van der Waals surface area (Å²) in [6, 6.07) is 11.2. The summed E-state index contributed by atoms with van der Waals surface area (Å²) in [6.07, 6.45) is -19.0. The Morgan fingerprint density at radius 1 is 0.833 bits per heavy atom. The van der Waals surface area contributed by atoms with Crippen LogP contribution in [0.3, 0.4) is 0 Å². The smallest absolute Gasteiger partial charge is 0.322 e. The van der Waals surface area contributed by atoms with Gasteiger partial charge in [-0.1, -0.05) is 6.07 Å². The summed E-state index contributed by atoms with van der Waals surface area (Å²) in [6.45, 7) is 0. The van der Waals surface area contributed by atoms with Gasteiger partial charge in [-0.15, -0.1) is 0 Å². The Morgan fingerprint density at radius 2 is 1.40 bits per heavy atom. The number of carbonyl (C=O) groups excluding carboxylic acids is 2. The van der Waals surface area contributed by atoms with Gasteiger partial charge in [-0.2, -0.15) is 44.8 Å². The molecular formula is C26H14BrF10N3O2. The Kier molecular flexibility index (Phi) is 8.69. The molecular weight excluding hydrogens is 656 g/mol. The molecule has 222 valence electrons. The van der Waals surface area contributed by atoms with Crippen molar-refractivity contribution in [1.29, 1.82) is 5.26 Å². The van der Waals surface area contributed by atoms with Crippen LogP contribution >= 0.6 is 15.9 Å². The number of nitrogens with zero attached hydrogens (tertiary/aromatic N) is 2. The maximum Gasteiger partial charge on any atom is 0.435 e. The average Bonchev–Trinajstić information content (AvgIpc) is 2.89. The van der Waals surface area contributed by atoms with Crippen LogP contribution in [0.1, 0.15) is 37.4 Å². The highest BCUT2D eigenvalue weighted by Crippen LogP contribution is 2.55. The van der Waals surface area contributed by atoms with Gasteiger partial charge in [0.05, 0.1) is 22.9 Å². The second kappa shape index (κ2) is 11.3. The van der Waals surface area contributed by atoms with Crippen LogP contribution in [0.25, 0.3) is 0 Å². The number of rotatable bonds is 5. The number of carbonyl (C=O) groups is 2. The van der Waals surface area contributed by atoms with Crippen LogP contribution in [0.2, 0.25) is 0 Å². The van der Waals surface area contributed by atoms with Crippen LogP contribution in [-0.4, -0.2) is 31.2 Å². The van der Waals surface area contributed by atoms with Gasteiger partial charge >= 0.3 is 24.2 Å². The zero-order chi connectivity index (χ0) is 31.8. The van der Waals surface area contributed by atoms with Crippen molar-refractivity contribution in [2.75, 3.05) is 17.3 Å². The van der Waals surface area contributed by atoms with E-state index in [1.807, 2.05) is 6.07 Å². The molecule has 5 nitrogen and oxygen atoms in total. The van der Waals surface area contributed by atoms with E-state index < -0.39 is 63.4 Å². The van der Waals surface area contributed by atoms with Gasteiger partial charge in [-0.05, 0) is 70.5 Å². The molecule has 0 aliphatic rings. The molecule has 0 atom stereocenters. The van der Waals surface area contributed by atoms with Gasteiger partial charge in [0.15, 0.2) is 0 Å². The van der Waals surface area contributed by atoms with E-state index in [1.165, 1.54) is 36.4 Å². The summed E-state index contributed by atoms with van der Waals surface area (Å²) in [5, 5.41) is 11.3. The first-order chi connectivity index (χ1) is 19.2. The van der Waals surface area contributed by atoms with Crippen molar-refractivity contribution in [3.8, 4) is 6.07 Å². The Balaban J connectivity index is 2.03. The molecule has 0 saturated heterocycles. The SMILES string of the molecule is CN(C(=O)c1cccc(NC(=O)c2ccc(C#N)cc2)c1)c1c(Br)cc(C(F)(C(F)(F)F)C(F)(F)F)cc1C(F)(F)F. The number of hydrogen-bond acceptors (Lipinski definition) is 3. The van der Waals surface area contributed by atoms with Crippen molar-refractivity contribution in [3.63, 3.8) is 0 Å². The minimum absolute atomic E-state index is 0.00774. The lowest BCUT2D eigenvalue weighted by Crippen LogP contribution is -2.50. The number of benzene rings is 3. The van der Waals surface area contributed by atoms with E-state index in [0.717, 1.165) is 19.2 Å². The first kappa shape index (κ1) is 32.4. The topological polar surface area (TPSA) is 73.2 Å². The van der Waals surface area contributed by atoms with Crippen molar-refractivity contribution in [3.05, 3.63) is 93.0 Å². The van der Waals surface area contributed by atoms with Crippen molar-refractivity contribution in [1.82, 2.24) is 0 Å². The van der Waals surface area contributed by atoms with Crippen LogP contribution in [0.5, 0.6) is 0 Å². The minimum Gasteiger partial charge on any atom is -0.322 e. The highest BCUT2D eigenvalue weighted by molar-refractivity contribution is 9.10. The van der Waals surface area contributed by atoms with Crippen molar-refractivity contribution < 1.29 is 53.5 Å². The molecule has 3 aromatic rings. The van der Waals surface area contributed by atoms with Crippen LogP contribution in [0.15, 0.2) is 65.1 Å². The molecule has 0 aromatic heterocycles. The maximum absolute atomic E-state index is 14.6. The standard InChI is InChI=1S/C26H14BrF10N3O2/c1-40(22(42)15-3-2-4-17(9-15)39-21(41)14-7-5-13(12-38)6-8-14)20-18(24(29,30)31)10-16(11-19(20)27)23(28,25(32,33)34)26(35,36)37/h2-11H,1H3,(H,39,41). The Labute approximate surface area is 238 Å². The van der Waals surface area contributed by atoms with Crippen LogP contribution in [0.4, 0.5) is 55.3 Å². The van der Waals surface area contributed by atoms with Crippen LogP contribution in [0, 0.1) is 11.3 Å². The lowest BCUT2D eigenvalue weighted by molar-refractivity contribution is -0.348. The second-order valence-electron chi connectivity index (χ2n) is 8.59. The van der Waals surface area contributed by atoms with E-state index in [1.54, 1.807) is 0 Å². The molecule has 2 amide bonds. The molecule has 42 heavy (non-hydrogen) atoms. The maximum atomic E-state index is 14.6. The van der Waals surface area contributed by atoms with Crippen LogP contribution in [-0.2, 0) is 11.8 Å². The highest BCUT2D eigenvalue weighted by atomic mass is 79.9. The molecule has 1 N–H and O–H groups in total. The summed E-state index contributed by atoms with van der Waals surface area (Å²) in [5.74, 6) is -1.90. The number of amides is 2. The summed E-state index contributed by atoms with van der Waals surface area (Å²) in [5.41, 5.74) is -11.9. The molecule has 0 spiro atoms. The highest BCUT2D eigenvalue weighted by Gasteiger charge is 2.73. The first-order valence-corrected chi connectivity index (χ1v) is 11.9. The van der Waals surface area contributed by atoms with Gasteiger partial charge in [0.1, 0.15) is 0 Å². The number of alkyl halides is 10. The molecule has 0 aliphatic carbocycles. The molecule has 16 heteroatoms. The fourth-order valence-electron chi connectivity index (χ4n) is 3.77. The van der Waals surface area contributed by atoms with Gasteiger partial charge in [-0.3, -0.25) is 9.59 Å². The van der Waals surface area contributed by atoms with E-state index in [0.29, 0.717) is 4.90 Å². The molecule has 0 unspecified atom stereocenters. The van der Waals surface area contributed by atoms with Crippen molar-refractivity contribution in [2.45, 2.75) is 24.2 Å². The lowest BCUT2D eigenvalue weighted by atomic mass is 9.91. The van der Waals surface area contributed by atoms with Crippen molar-refractivity contribution in [2.24, 2.45) is 0 Å². The third-order valence-electron chi connectivity index (χ3n) is 5.83. The fourth-order valence-corrected chi connectivity index (χ4v) is 4.49. The Hall–Kier alpha value is -4.13. The van der Waals surface area contributed by atoms with Gasteiger partial charge in [0, 0.05) is 33.9 Å². The third kappa shape index (κ3) is 6.20. The van der Waals surface area contributed by atoms with Gasteiger partial charge in [0.25, 0.3) is 11.8 Å². The summed E-state index contributed by atoms with van der Waals surface area (Å²) < 4.78 is 135. The average molecular weight is 670 g/mol. The second-order valence-corrected chi connectivity index (χ2v) is 9.45. The quantitative estimate of drug-likeness (QED) is 0.279. The van der Waals surface area contributed by atoms with Crippen molar-refractivity contribution >= 4 is 39.1 Å². The molecule has 0 saturated carbocycles. The summed E-state index contributed by atoms with van der Waals surface area (Å²) >= 11 is 2.47. The molecule has 0 radical (unpaired) electrons. The van der Waals surface area contributed by atoms with Crippen LogP contribution < -0.4 is 10.2 Å². The molecule has 0 aliphatic heterocycles. The monoisotopic (exact) mass is 669 g/mol. The summed E-state index contributed by atoms with van der Waals surface area (Å²) in [4.78, 5) is 25.9. The predicted molar refractivity (Wildman–Crippen MR) is 132 cm³/mol. The predicted octanol–water partition coefficient (Wildman–Crippen LogP) is 8.16. The molecule has 3 rings (SSSR count). The summed E-state index contributed by atoms with van der Waals surface area (Å²) in [7, 11) is 0.759. The number of nitrogens with one attached hydrogen (secondary N) is 1. The number of nitriles is 1. The van der Waals surface area contributed by atoms with Gasteiger partial charge in [0.2, 0.25) is 0 Å². The van der Waals surface area contributed by atoms with E-state index >= 15 is 0 Å². The fraction of sp³-hybridized carbons (Fsp3) is 0.192. The molecule has 0 fully saturated rings. The zero-order valence-corrected chi connectivity index (χ0v) is 22.2.